The van der Waals surface area contributed by atoms with E-state index in [0.717, 1.165) is 3.57 Å². The number of rotatable bonds is 4. The number of nitrogens with zero attached hydrogens (tertiary/aromatic N) is 2. The second kappa shape index (κ2) is 6.37. The molecule has 0 saturated carbocycles. The van der Waals surface area contributed by atoms with Crippen LogP contribution in [0, 0.1) is 10.5 Å². The molecule has 21 heavy (non-hydrogen) atoms. The summed E-state index contributed by atoms with van der Waals surface area (Å²) >= 11 is 2.02. The van der Waals surface area contributed by atoms with Gasteiger partial charge in [-0.3, -0.25) is 9.48 Å². The second-order valence-electron chi connectivity index (χ2n) is 4.31. The molecule has 1 heterocycles. The van der Waals surface area contributed by atoms with Crippen molar-refractivity contribution in [3.05, 3.63) is 39.2 Å². The van der Waals surface area contributed by atoms with Crippen LogP contribution in [0.5, 0.6) is 5.75 Å². The van der Waals surface area contributed by atoms with Gasteiger partial charge >= 0.3 is 6.61 Å². The summed E-state index contributed by atoms with van der Waals surface area (Å²) in [5.41, 5.74) is 1.45. The van der Waals surface area contributed by atoms with Crippen LogP contribution in [0.4, 0.5) is 14.5 Å². The average Bonchev–Trinajstić information content (AvgIpc) is 2.71. The molecule has 1 aromatic carbocycles. The monoisotopic (exact) mass is 407 g/mol. The molecule has 0 bridgehead atoms. The molecule has 0 saturated heterocycles. The van der Waals surface area contributed by atoms with E-state index in [1.54, 1.807) is 24.9 Å². The van der Waals surface area contributed by atoms with E-state index in [1.807, 2.05) is 22.6 Å². The maximum atomic E-state index is 12.1. The van der Waals surface area contributed by atoms with Crippen molar-refractivity contribution in [2.75, 3.05) is 5.32 Å². The summed E-state index contributed by atoms with van der Waals surface area (Å²) in [5, 5.41) is 6.76. The van der Waals surface area contributed by atoms with E-state index in [4.69, 9.17) is 0 Å². The van der Waals surface area contributed by atoms with Crippen LogP contribution >= 0.6 is 22.6 Å². The lowest BCUT2D eigenvalue weighted by atomic mass is 10.2. The van der Waals surface area contributed by atoms with E-state index in [1.165, 1.54) is 18.2 Å². The predicted molar refractivity (Wildman–Crippen MR) is 81.7 cm³/mol. The standard InChI is InChI=1S/C13H12F2IN3O2/c1-7-5-8(21-13(14)15)3-4-10(7)17-12(20)11-9(16)6-19(2)18-11/h3-6,13H,1-2H3,(H,17,20). The van der Waals surface area contributed by atoms with Gasteiger partial charge in [-0.1, -0.05) is 0 Å². The molecule has 0 aliphatic rings. The second-order valence-corrected chi connectivity index (χ2v) is 5.47. The Labute approximate surface area is 133 Å². The number of ether oxygens (including phenoxy) is 1. The number of anilines is 1. The summed E-state index contributed by atoms with van der Waals surface area (Å²) in [4.78, 5) is 12.1. The fourth-order valence-corrected chi connectivity index (χ4v) is 2.50. The van der Waals surface area contributed by atoms with Crippen molar-refractivity contribution in [2.45, 2.75) is 13.5 Å². The molecule has 0 aliphatic heterocycles. The Balaban J connectivity index is 2.16. The highest BCUT2D eigenvalue weighted by atomic mass is 127. The molecular weight excluding hydrogens is 395 g/mol. The summed E-state index contributed by atoms with van der Waals surface area (Å²) in [6, 6.07) is 4.32. The number of aromatic nitrogens is 2. The van der Waals surface area contributed by atoms with E-state index >= 15 is 0 Å². The van der Waals surface area contributed by atoms with E-state index in [9.17, 15) is 13.6 Å². The molecule has 1 N–H and O–H groups in total. The highest BCUT2D eigenvalue weighted by molar-refractivity contribution is 14.1. The number of amides is 1. The minimum atomic E-state index is -2.88. The van der Waals surface area contributed by atoms with Gasteiger partial charge in [0.2, 0.25) is 0 Å². The number of hydrogen-bond acceptors (Lipinski definition) is 3. The number of carbonyl (C=O) groups is 1. The summed E-state index contributed by atoms with van der Waals surface area (Å²) in [5.74, 6) is -0.307. The largest absolute Gasteiger partial charge is 0.435 e. The van der Waals surface area contributed by atoms with Crippen LogP contribution in [0.15, 0.2) is 24.4 Å². The fraction of sp³-hybridized carbons (Fsp3) is 0.231. The zero-order valence-corrected chi connectivity index (χ0v) is 13.4. The van der Waals surface area contributed by atoms with Crippen LogP contribution in [0.1, 0.15) is 16.1 Å². The van der Waals surface area contributed by atoms with Crippen LogP contribution in [-0.4, -0.2) is 22.3 Å². The predicted octanol–water partition coefficient (Wildman–Crippen LogP) is 3.19. The van der Waals surface area contributed by atoms with Crippen molar-refractivity contribution in [1.82, 2.24) is 9.78 Å². The Kier molecular flexibility index (Phi) is 4.76. The Morgan fingerprint density at radius 2 is 2.19 bits per heavy atom. The minimum absolute atomic E-state index is 0.0490. The molecule has 2 aromatic rings. The summed E-state index contributed by atoms with van der Waals surface area (Å²) < 4.78 is 30.8. The highest BCUT2D eigenvalue weighted by Gasteiger charge is 2.15. The summed E-state index contributed by atoms with van der Waals surface area (Å²) in [7, 11) is 1.72. The van der Waals surface area contributed by atoms with Crippen LogP contribution in [-0.2, 0) is 7.05 Å². The molecule has 112 valence electrons. The number of nitrogens with one attached hydrogen (secondary N) is 1. The molecule has 0 aliphatic carbocycles. The molecule has 2 rings (SSSR count). The SMILES string of the molecule is Cc1cc(OC(F)F)ccc1NC(=O)c1nn(C)cc1I. The molecule has 1 amide bonds. The summed E-state index contributed by atoms with van der Waals surface area (Å²) in [6.07, 6.45) is 1.72. The van der Waals surface area contributed by atoms with E-state index in [0.29, 0.717) is 16.9 Å². The van der Waals surface area contributed by atoms with E-state index < -0.39 is 6.61 Å². The Hall–Kier alpha value is -1.71. The van der Waals surface area contributed by atoms with Gasteiger partial charge in [-0.15, -0.1) is 0 Å². The van der Waals surface area contributed by atoms with Crippen molar-refractivity contribution in [3.63, 3.8) is 0 Å². The van der Waals surface area contributed by atoms with Crippen LogP contribution in [0.3, 0.4) is 0 Å². The van der Waals surface area contributed by atoms with Gasteiger partial charge in [0.05, 0.1) is 3.57 Å². The third-order valence-electron chi connectivity index (χ3n) is 2.67. The fourth-order valence-electron chi connectivity index (χ4n) is 1.75. The van der Waals surface area contributed by atoms with E-state index in [2.05, 4.69) is 15.2 Å². The van der Waals surface area contributed by atoms with Gasteiger partial charge in [-0.2, -0.15) is 13.9 Å². The van der Waals surface area contributed by atoms with Crippen molar-refractivity contribution in [3.8, 4) is 5.75 Å². The lowest BCUT2D eigenvalue weighted by Gasteiger charge is -2.10. The normalized spacial score (nSPS) is 10.8. The van der Waals surface area contributed by atoms with Gasteiger partial charge in [0.15, 0.2) is 5.69 Å². The third kappa shape index (κ3) is 3.90. The Morgan fingerprint density at radius 3 is 2.71 bits per heavy atom. The number of halogens is 3. The number of benzene rings is 1. The third-order valence-corrected chi connectivity index (χ3v) is 3.46. The first-order chi connectivity index (χ1) is 9.86. The van der Waals surface area contributed by atoms with Crippen molar-refractivity contribution in [2.24, 2.45) is 7.05 Å². The van der Waals surface area contributed by atoms with Gasteiger partial charge in [0.1, 0.15) is 5.75 Å². The van der Waals surface area contributed by atoms with Gasteiger partial charge < -0.3 is 10.1 Å². The molecule has 0 spiro atoms. The zero-order valence-electron chi connectivity index (χ0n) is 11.2. The molecule has 1 aromatic heterocycles. The molecule has 0 fully saturated rings. The average molecular weight is 407 g/mol. The van der Waals surface area contributed by atoms with Gasteiger partial charge in [-0.25, -0.2) is 0 Å². The van der Waals surface area contributed by atoms with Crippen LogP contribution < -0.4 is 10.1 Å². The van der Waals surface area contributed by atoms with E-state index in [-0.39, 0.29) is 11.7 Å². The quantitative estimate of drug-likeness (QED) is 0.793. The lowest BCUT2D eigenvalue weighted by molar-refractivity contribution is -0.0498. The topological polar surface area (TPSA) is 56.1 Å². The van der Waals surface area contributed by atoms with Gasteiger partial charge in [0, 0.05) is 18.9 Å². The van der Waals surface area contributed by atoms with Crippen LogP contribution in [0.25, 0.3) is 0 Å². The number of carbonyl (C=O) groups excluding carboxylic acids is 1. The smallest absolute Gasteiger partial charge is 0.387 e. The Morgan fingerprint density at radius 1 is 1.48 bits per heavy atom. The number of aryl methyl sites for hydroxylation is 2. The van der Waals surface area contributed by atoms with Gasteiger partial charge in [0.25, 0.3) is 5.91 Å². The molecule has 0 unspecified atom stereocenters. The zero-order chi connectivity index (χ0) is 15.6. The highest BCUT2D eigenvalue weighted by Crippen LogP contribution is 2.23. The molecular formula is C13H12F2IN3O2. The van der Waals surface area contributed by atoms with Gasteiger partial charge in [-0.05, 0) is 53.3 Å². The van der Waals surface area contributed by atoms with Crippen molar-refractivity contribution >= 4 is 34.2 Å². The molecule has 8 heteroatoms. The van der Waals surface area contributed by atoms with Crippen LogP contribution in [0.2, 0.25) is 0 Å². The Bertz CT molecular complexity index is 673. The molecule has 0 radical (unpaired) electrons. The first-order valence-corrected chi connectivity index (χ1v) is 7.00. The van der Waals surface area contributed by atoms with Crippen molar-refractivity contribution in [1.29, 1.82) is 0 Å². The maximum Gasteiger partial charge on any atom is 0.387 e. The molecule has 5 nitrogen and oxygen atoms in total. The first-order valence-electron chi connectivity index (χ1n) is 5.93. The lowest BCUT2D eigenvalue weighted by Crippen LogP contribution is -2.15. The number of alkyl halides is 2. The minimum Gasteiger partial charge on any atom is -0.435 e. The number of hydrogen-bond donors (Lipinski definition) is 1. The summed E-state index contributed by atoms with van der Waals surface area (Å²) in [6.45, 7) is -1.18. The molecule has 0 atom stereocenters. The van der Waals surface area contributed by atoms with Crippen molar-refractivity contribution < 1.29 is 18.3 Å². The maximum absolute atomic E-state index is 12.1. The first kappa shape index (κ1) is 15.7.